The van der Waals surface area contributed by atoms with Crippen molar-refractivity contribution in [1.29, 1.82) is 0 Å². The van der Waals surface area contributed by atoms with Crippen LogP contribution < -0.4 is 5.73 Å². The van der Waals surface area contributed by atoms with Crippen LogP contribution in [0, 0.1) is 0 Å². The first-order valence-corrected chi connectivity index (χ1v) is 3.49. The van der Waals surface area contributed by atoms with E-state index < -0.39 is 0 Å². The van der Waals surface area contributed by atoms with Crippen molar-refractivity contribution >= 4 is 0 Å². The second-order valence-corrected chi connectivity index (χ2v) is 2.07. The lowest BCUT2D eigenvalue weighted by Gasteiger charge is -1.95. The zero-order valence-electron chi connectivity index (χ0n) is 6.72. The smallest absolute Gasteiger partial charge is 0.0310 e. The SMILES string of the molecule is C=C/C(N)=C\C(=C/C)CC. The Morgan fingerprint density at radius 2 is 2.20 bits per heavy atom. The van der Waals surface area contributed by atoms with Crippen LogP contribution in [0.4, 0.5) is 0 Å². The quantitative estimate of drug-likeness (QED) is 0.594. The highest BCUT2D eigenvalue weighted by Crippen LogP contribution is 2.03. The Hall–Kier alpha value is -0.980. The van der Waals surface area contributed by atoms with E-state index in [1.165, 1.54) is 5.57 Å². The minimum Gasteiger partial charge on any atom is -0.399 e. The van der Waals surface area contributed by atoms with Crippen LogP contribution >= 0.6 is 0 Å². The lowest BCUT2D eigenvalue weighted by atomic mass is 10.1. The molecule has 0 aliphatic carbocycles. The minimum atomic E-state index is 0.731. The van der Waals surface area contributed by atoms with E-state index in [1.807, 2.05) is 13.0 Å². The van der Waals surface area contributed by atoms with Gasteiger partial charge in [0.05, 0.1) is 0 Å². The van der Waals surface area contributed by atoms with Crippen LogP contribution in [0.5, 0.6) is 0 Å². The molecule has 0 radical (unpaired) electrons. The van der Waals surface area contributed by atoms with Crippen molar-refractivity contribution in [2.45, 2.75) is 20.3 Å². The Bertz CT molecular complexity index is 164. The second kappa shape index (κ2) is 4.86. The molecular weight excluding hydrogens is 122 g/mol. The van der Waals surface area contributed by atoms with Crippen molar-refractivity contribution in [2.24, 2.45) is 5.73 Å². The molecule has 0 spiro atoms. The largest absolute Gasteiger partial charge is 0.399 e. The Morgan fingerprint density at radius 1 is 1.60 bits per heavy atom. The summed E-state index contributed by atoms with van der Waals surface area (Å²) in [5.41, 5.74) is 7.51. The number of hydrogen-bond acceptors (Lipinski definition) is 1. The molecule has 0 fully saturated rings. The summed E-state index contributed by atoms with van der Waals surface area (Å²) in [6.07, 6.45) is 6.66. The van der Waals surface area contributed by atoms with Gasteiger partial charge in [0.25, 0.3) is 0 Å². The van der Waals surface area contributed by atoms with Gasteiger partial charge in [0.15, 0.2) is 0 Å². The average Bonchev–Trinajstić information content (AvgIpc) is 1.99. The normalized spacial score (nSPS) is 13.4. The molecule has 56 valence electrons. The lowest BCUT2D eigenvalue weighted by molar-refractivity contribution is 1.13. The van der Waals surface area contributed by atoms with E-state index in [4.69, 9.17) is 5.73 Å². The van der Waals surface area contributed by atoms with Crippen LogP contribution in [-0.4, -0.2) is 0 Å². The van der Waals surface area contributed by atoms with E-state index in [-0.39, 0.29) is 0 Å². The van der Waals surface area contributed by atoms with Crippen LogP contribution in [0.2, 0.25) is 0 Å². The van der Waals surface area contributed by atoms with E-state index in [1.54, 1.807) is 6.08 Å². The van der Waals surface area contributed by atoms with Gasteiger partial charge in [0.1, 0.15) is 0 Å². The van der Waals surface area contributed by atoms with Crippen LogP contribution in [0.3, 0.4) is 0 Å². The Balaban J connectivity index is 4.22. The molecule has 0 amide bonds. The van der Waals surface area contributed by atoms with Gasteiger partial charge in [0.2, 0.25) is 0 Å². The van der Waals surface area contributed by atoms with Gasteiger partial charge in [-0.25, -0.2) is 0 Å². The minimum absolute atomic E-state index is 0.731. The molecule has 1 heteroatoms. The molecule has 0 aromatic heterocycles. The maximum Gasteiger partial charge on any atom is 0.0310 e. The molecule has 0 aromatic carbocycles. The summed E-state index contributed by atoms with van der Waals surface area (Å²) in [6, 6.07) is 0. The van der Waals surface area contributed by atoms with Gasteiger partial charge >= 0.3 is 0 Å². The Labute approximate surface area is 62.9 Å². The van der Waals surface area contributed by atoms with Crippen LogP contribution in [0.1, 0.15) is 20.3 Å². The van der Waals surface area contributed by atoms with Crippen LogP contribution in [0.25, 0.3) is 0 Å². The molecule has 0 rings (SSSR count). The predicted octanol–water partition coefficient (Wildman–Crippen LogP) is 2.37. The fourth-order valence-electron chi connectivity index (χ4n) is 0.663. The fourth-order valence-corrected chi connectivity index (χ4v) is 0.663. The first-order chi connectivity index (χ1) is 4.74. The molecular formula is C9H15N. The van der Waals surface area contributed by atoms with Gasteiger partial charge in [0, 0.05) is 5.70 Å². The predicted molar refractivity (Wildman–Crippen MR) is 46.5 cm³/mol. The highest BCUT2D eigenvalue weighted by atomic mass is 14.5. The van der Waals surface area contributed by atoms with Gasteiger partial charge in [-0.05, 0) is 25.5 Å². The standard InChI is InChI=1S/C9H15N/c1-4-8(5-2)7-9(10)6-3/h4,6-7H,3,5,10H2,1-2H3/b8-4-,9-7+. The maximum atomic E-state index is 5.53. The van der Waals surface area contributed by atoms with E-state index in [0.29, 0.717) is 0 Å². The van der Waals surface area contributed by atoms with Crippen molar-refractivity contribution < 1.29 is 0 Å². The fraction of sp³-hybridized carbons (Fsp3) is 0.333. The number of rotatable bonds is 3. The van der Waals surface area contributed by atoms with Crippen molar-refractivity contribution in [3.8, 4) is 0 Å². The zero-order valence-corrected chi connectivity index (χ0v) is 6.72. The monoisotopic (exact) mass is 137 g/mol. The summed E-state index contributed by atoms with van der Waals surface area (Å²) in [7, 11) is 0. The highest BCUT2D eigenvalue weighted by Gasteiger charge is 1.86. The third-order valence-corrected chi connectivity index (χ3v) is 1.37. The molecule has 0 aliphatic rings. The molecule has 10 heavy (non-hydrogen) atoms. The van der Waals surface area contributed by atoms with Crippen molar-refractivity contribution in [1.82, 2.24) is 0 Å². The average molecular weight is 137 g/mol. The topological polar surface area (TPSA) is 26.0 Å². The van der Waals surface area contributed by atoms with E-state index in [0.717, 1.165) is 12.1 Å². The highest BCUT2D eigenvalue weighted by molar-refractivity contribution is 5.26. The van der Waals surface area contributed by atoms with Gasteiger partial charge < -0.3 is 5.73 Å². The van der Waals surface area contributed by atoms with Crippen molar-refractivity contribution in [3.05, 3.63) is 36.1 Å². The summed E-state index contributed by atoms with van der Waals surface area (Å²) < 4.78 is 0. The molecule has 1 nitrogen and oxygen atoms in total. The van der Waals surface area contributed by atoms with E-state index in [9.17, 15) is 0 Å². The van der Waals surface area contributed by atoms with Gasteiger partial charge in [-0.3, -0.25) is 0 Å². The maximum absolute atomic E-state index is 5.53. The summed E-state index contributed by atoms with van der Waals surface area (Å²) >= 11 is 0. The molecule has 0 atom stereocenters. The van der Waals surface area contributed by atoms with Gasteiger partial charge in [-0.2, -0.15) is 0 Å². The summed E-state index contributed by atoms with van der Waals surface area (Å²) in [5.74, 6) is 0. The number of allylic oxidation sites excluding steroid dienone is 4. The first-order valence-electron chi connectivity index (χ1n) is 3.49. The van der Waals surface area contributed by atoms with Gasteiger partial charge in [-0.15, -0.1) is 0 Å². The van der Waals surface area contributed by atoms with Crippen molar-refractivity contribution in [3.63, 3.8) is 0 Å². The molecule has 0 saturated carbocycles. The summed E-state index contributed by atoms with van der Waals surface area (Å²) in [5, 5.41) is 0. The molecule has 0 unspecified atom stereocenters. The zero-order chi connectivity index (χ0) is 7.98. The summed E-state index contributed by atoms with van der Waals surface area (Å²) in [4.78, 5) is 0. The third-order valence-electron chi connectivity index (χ3n) is 1.37. The molecule has 0 bridgehead atoms. The molecule has 0 saturated heterocycles. The number of nitrogens with two attached hydrogens (primary N) is 1. The lowest BCUT2D eigenvalue weighted by Crippen LogP contribution is -1.92. The van der Waals surface area contributed by atoms with E-state index in [2.05, 4.69) is 19.6 Å². The third kappa shape index (κ3) is 3.13. The number of hydrogen-bond donors (Lipinski definition) is 1. The Morgan fingerprint density at radius 3 is 2.50 bits per heavy atom. The molecule has 2 N–H and O–H groups in total. The van der Waals surface area contributed by atoms with Crippen LogP contribution in [0.15, 0.2) is 36.1 Å². The molecule has 0 heterocycles. The molecule has 0 aromatic rings. The second-order valence-electron chi connectivity index (χ2n) is 2.07. The van der Waals surface area contributed by atoms with E-state index >= 15 is 0 Å². The van der Waals surface area contributed by atoms with Gasteiger partial charge in [-0.1, -0.05) is 25.2 Å². The van der Waals surface area contributed by atoms with Crippen molar-refractivity contribution in [2.75, 3.05) is 0 Å². The Kier molecular flexibility index (Phi) is 4.38. The first kappa shape index (κ1) is 9.02. The van der Waals surface area contributed by atoms with Crippen LogP contribution in [-0.2, 0) is 0 Å². The summed E-state index contributed by atoms with van der Waals surface area (Å²) in [6.45, 7) is 7.67. The molecule has 0 aliphatic heterocycles.